The monoisotopic (exact) mass is 403 g/mol. The van der Waals surface area contributed by atoms with Crippen molar-refractivity contribution in [3.05, 3.63) is 10.4 Å². The minimum atomic E-state index is -0.382. The van der Waals surface area contributed by atoms with E-state index in [0.717, 1.165) is 12.8 Å². The van der Waals surface area contributed by atoms with Crippen LogP contribution in [-0.2, 0) is 23.7 Å². The van der Waals surface area contributed by atoms with Gasteiger partial charge in [0.2, 0.25) is 5.91 Å². The molecule has 11 heteroatoms. The molecule has 0 heterocycles. The van der Waals surface area contributed by atoms with Crippen LogP contribution >= 0.6 is 0 Å². The Labute approximate surface area is 166 Å². The van der Waals surface area contributed by atoms with E-state index in [1.807, 2.05) is 6.92 Å². The Morgan fingerprint density at radius 1 is 0.857 bits per heavy atom. The van der Waals surface area contributed by atoms with E-state index in [1.165, 1.54) is 0 Å². The van der Waals surface area contributed by atoms with Crippen LogP contribution in [-0.4, -0.2) is 77.9 Å². The van der Waals surface area contributed by atoms with Crippen molar-refractivity contribution in [2.24, 2.45) is 5.11 Å². The lowest BCUT2D eigenvalue weighted by Crippen LogP contribution is -2.27. The first-order valence-electron chi connectivity index (χ1n) is 9.62. The van der Waals surface area contributed by atoms with Crippen LogP contribution in [0.4, 0.5) is 4.79 Å². The Hall–Kier alpha value is -2.07. The smallest absolute Gasteiger partial charge is 0.407 e. The highest BCUT2D eigenvalue weighted by atomic mass is 16.6. The Morgan fingerprint density at radius 3 is 2.00 bits per heavy atom. The largest absolute Gasteiger partial charge is 0.450 e. The zero-order valence-electron chi connectivity index (χ0n) is 16.7. The lowest BCUT2D eigenvalue weighted by atomic mass is 10.4. The number of carbonyl (C=O) groups excluding carboxylic acids is 2. The van der Waals surface area contributed by atoms with Crippen molar-refractivity contribution in [3.8, 4) is 0 Å². The van der Waals surface area contributed by atoms with Gasteiger partial charge in [0.05, 0.1) is 33.0 Å². The molecule has 0 spiro atoms. The molecule has 0 aromatic carbocycles. The summed E-state index contributed by atoms with van der Waals surface area (Å²) in [7, 11) is 0. The minimum absolute atomic E-state index is 0.185. The lowest BCUT2D eigenvalue weighted by molar-refractivity contribution is -0.119. The van der Waals surface area contributed by atoms with Gasteiger partial charge in [-0.15, -0.1) is 0 Å². The lowest BCUT2D eigenvalue weighted by Gasteiger charge is -2.08. The van der Waals surface area contributed by atoms with Gasteiger partial charge in [0, 0.05) is 31.2 Å². The van der Waals surface area contributed by atoms with Crippen molar-refractivity contribution in [1.29, 1.82) is 0 Å². The number of unbranched alkanes of at least 4 members (excludes halogenated alkanes) is 1. The molecule has 0 aliphatic heterocycles. The van der Waals surface area contributed by atoms with Gasteiger partial charge in [0.25, 0.3) is 0 Å². The topological polar surface area (TPSA) is 144 Å². The molecule has 0 saturated carbocycles. The number of hydrogen-bond donors (Lipinski definition) is 2. The Morgan fingerprint density at radius 2 is 1.43 bits per heavy atom. The first-order valence-corrected chi connectivity index (χ1v) is 9.62. The summed E-state index contributed by atoms with van der Waals surface area (Å²) >= 11 is 0. The quantitative estimate of drug-likeness (QED) is 0.146. The summed E-state index contributed by atoms with van der Waals surface area (Å²) in [5.74, 6) is -0.302. The predicted octanol–water partition coefficient (Wildman–Crippen LogP) is 1.77. The van der Waals surface area contributed by atoms with Gasteiger partial charge in [-0.3, -0.25) is 4.79 Å². The summed E-state index contributed by atoms with van der Waals surface area (Å²) in [6.07, 6.45) is 2.87. The fraction of sp³-hybridized carbons (Fsp3) is 0.882. The molecule has 28 heavy (non-hydrogen) atoms. The summed E-state index contributed by atoms with van der Waals surface area (Å²) in [5, 5.41) is 8.44. The van der Waals surface area contributed by atoms with E-state index in [4.69, 9.17) is 24.5 Å². The molecule has 0 aliphatic rings. The maximum atomic E-state index is 11.3. The molecule has 0 atom stereocenters. The SMILES string of the molecule is CCCCOC(=O)NCCCOCCOCCOCCCNC(=O)CN=[N+]=[N-]. The van der Waals surface area contributed by atoms with Gasteiger partial charge in [0.1, 0.15) is 6.54 Å². The van der Waals surface area contributed by atoms with Gasteiger partial charge in [-0.05, 0) is 24.8 Å². The second kappa shape index (κ2) is 21.2. The highest BCUT2D eigenvalue weighted by molar-refractivity contribution is 5.78. The van der Waals surface area contributed by atoms with Crippen molar-refractivity contribution >= 4 is 12.0 Å². The van der Waals surface area contributed by atoms with E-state index in [1.54, 1.807) is 0 Å². The second-order valence-corrected chi connectivity index (χ2v) is 5.70. The number of nitrogens with one attached hydrogen (secondary N) is 2. The van der Waals surface area contributed by atoms with Crippen LogP contribution in [0.5, 0.6) is 0 Å². The molecule has 11 nitrogen and oxygen atoms in total. The first-order chi connectivity index (χ1) is 13.7. The van der Waals surface area contributed by atoms with Gasteiger partial charge in [-0.2, -0.15) is 0 Å². The minimum Gasteiger partial charge on any atom is -0.450 e. The number of hydrogen-bond acceptors (Lipinski definition) is 7. The van der Waals surface area contributed by atoms with Crippen molar-refractivity contribution in [2.75, 3.05) is 65.9 Å². The van der Waals surface area contributed by atoms with Crippen LogP contribution in [0.1, 0.15) is 32.6 Å². The van der Waals surface area contributed by atoms with Crippen molar-refractivity contribution in [2.45, 2.75) is 32.6 Å². The molecule has 0 bridgehead atoms. The zero-order chi connectivity index (χ0) is 20.7. The Bertz CT molecular complexity index is 446. The average molecular weight is 403 g/mol. The predicted molar refractivity (Wildman–Crippen MR) is 103 cm³/mol. The molecule has 0 aromatic heterocycles. The van der Waals surface area contributed by atoms with E-state index in [0.29, 0.717) is 72.2 Å². The summed E-state index contributed by atoms with van der Waals surface area (Å²) < 4.78 is 21.1. The summed E-state index contributed by atoms with van der Waals surface area (Å²) in [4.78, 5) is 24.9. The Balaban J connectivity index is 3.17. The maximum absolute atomic E-state index is 11.3. The molecule has 0 radical (unpaired) electrons. The third-order valence-corrected chi connectivity index (χ3v) is 3.28. The molecular formula is C17H33N5O6. The van der Waals surface area contributed by atoms with Gasteiger partial charge >= 0.3 is 6.09 Å². The number of ether oxygens (including phenoxy) is 4. The number of rotatable bonds is 19. The number of amides is 2. The van der Waals surface area contributed by atoms with Crippen LogP contribution in [0.2, 0.25) is 0 Å². The van der Waals surface area contributed by atoms with E-state index in [-0.39, 0.29) is 18.5 Å². The van der Waals surface area contributed by atoms with E-state index in [2.05, 4.69) is 20.7 Å². The van der Waals surface area contributed by atoms with Crippen molar-refractivity contribution in [3.63, 3.8) is 0 Å². The molecule has 162 valence electrons. The third kappa shape index (κ3) is 20.2. The normalized spacial score (nSPS) is 10.2. The molecule has 0 saturated heterocycles. The molecule has 0 aliphatic carbocycles. The van der Waals surface area contributed by atoms with Crippen molar-refractivity contribution in [1.82, 2.24) is 10.6 Å². The Kier molecular flexibility index (Phi) is 19.7. The fourth-order valence-corrected chi connectivity index (χ4v) is 1.82. The van der Waals surface area contributed by atoms with Gasteiger partial charge < -0.3 is 29.6 Å². The summed E-state index contributed by atoms with van der Waals surface area (Å²) in [5.41, 5.74) is 8.08. The van der Waals surface area contributed by atoms with Gasteiger partial charge in [-0.1, -0.05) is 18.5 Å². The third-order valence-electron chi connectivity index (χ3n) is 3.28. The summed E-state index contributed by atoms with van der Waals surface area (Å²) in [6.45, 7) is 6.25. The van der Waals surface area contributed by atoms with Crippen LogP contribution in [0.15, 0.2) is 5.11 Å². The second-order valence-electron chi connectivity index (χ2n) is 5.70. The maximum Gasteiger partial charge on any atom is 0.407 e. The number of azide groups is 1. The number of nitrogens with zero attached hydrogens (tertiary/aromatic N) is 3. The van der Waals surface area contributed by atoms with Crippen LogP contribution < -0.4 is 10.6 Å². The van der Waals surface area contributed by atoms with Gasteiger partial charge in [-0.25, -0.2) is 4.79 Å². The fourth-order valence-electron chi connectivity index (χ4n) is 1.82. The van der Waals surface area contributed by atoms with Crippen LogP contribution in [0.25, 0.3) is 10.4 Å². The van der Waals surface area contributed by atoms with E-state index < -0.39 is 0 Å². The zero-order valence-corrected chi connectivity index (χ0v) is 16.7. The highest BCUT2D eigenvalue weighted by Gasteiger charge is 2.00. The first kappa shape index (κ1) is 25.9. The summed E-state index contributed by atoms with van der Waals surface area (Å²) in [6, 6.07) is 0. The van der Waals surface area contributed by atoms with Gasteiger partial charge in [0.15, 0.2) is 0 Å². The van der Waals surface area contributed by atoms with E-state index >= 15 is 0 Å². The number of carbonyl (C=O) groups is 2. The highest BCUT2D eigenvalue weighted by Crippen LogP contribution is 1.89. The molecule has 0 aromatic rings. The molecule has 0 fully saturated rings. The number of alkyl carbamates (subject to hydrolysis) is 1. The van der Waals surface area contributed by atoms with E-state index in [9.17, 15) is 9.59 Å². The van der Waals surface area contributed by atoms with Crippen LogP contribution in [0, 0.1) is 0 Å². The average Bonchev–Trinajstić information content (AvgIpc) is 2.69. The molecule has 2 N–H and O–H groups in total. The standard InChI is InChI=1S/C17H33N5O6/c1-2-3-10-28-17(24)20-7-5-9-26-12-14-27-13-11-25-8-4-6-19-16(23)15-21-22-18/h2-15H2,1H3,(H,19,23)(H,20,24). The molecule has 2 amide bonds. The molecular weight excluding hydrogens is 370 g/mol. The van der Waals surface area contributed by atoms with Crippen molar-refractivity contribution < 1.29 is 28.5 Å². The molecule has 0 unspecified atom stereocenters. The van der Waals surface area contributed by atoms with Crippen LogP contribution in [0.3, 0.4) is 0 Å². The molecule has 0 rings (SSSR count).